The molecule has 1 saturated heterocycles. The van der Waals surface area contributed by atoms with Gasteiger partial charge in [0.2, 0.25) is 11.8 Å². The number of amides is 2. The first-order chi connectivity index (χ1) is 15.4. The van der Waals surface area contributed by atoms with Crippen LogP contribution in [0.3, 0.4) is 0 Å². The van der Waals surface area contributed by atoms with Gasteiger partial charge in [0.15, 0.2) is 0 Å². The molecule has 2 amide bonds. The first-order valence-corrected chi connectivity index (χ1v) is 11.2. The van der Waals surface area contributed by atoms with Crippen LogP contribution < -0.4 is 16.8 Å². The van der Waals surface area contributed by atoms with E-state index >= 15 is 0 Å². The molecule has 1 aromatic heterocycles. The number of carbonyl (C=O) groups excluding carboxylic acids is 2. The lowest BCUT2D eigenvalue weighted by Gasteiger charge is -2.27. The van der Waals surface area contributed by atoms with E-state index in [2.05, 4.69) is 10.3 Å². The first kappa shape index (κ1) is 23.7. The van der Waals surface area contributed by atoms with Crippen LogP contribution in [-0.2, 0) is 20.8 Å². The van der Waals surface area contributed by atoms with Gasteiger partial charge in [-0.25, -0.2) is 4.79 Å². The molecular formula is C23H33N5O4. The van der Waals surface area contributed by atoms with Crippen LogP contribution in [0.15, 0.2) is 30.5 Å². The number of aliphatic carboxylic acids is 1. The quantitative estimate of drug-likeness (QED) is 0.328. The second kappa shape index (κ2) is 11.1. The predicted molar refractivity (Wildman–Crippen MR) is 122 cm³/mol. The van der Waals surface area contributed by atoms with Crippen LogP contribution in [0.25, 0.3) is 10.9 Å². The minimum absolute atomic E-state index is 0.0720. The minimum atomic E-state index is -1.01. The van der Waals surface area contributed by atoms with Crippen molar-refractivity contribution in [2.75, 3.05) is 13.1 Å². The van der Waals surface area contributed by atoms with Gasteiger partial charge in [0.25, 0.3) is 0 Å². The summed E-state index contributed by atoms with van der Waals surface area (Å²) in [6.07, 6.45) is 5.38. The third-order valence-corrected chi connectivity index (χ3v) is 6.01. The summed E-state index contributed by atoms with van der Waals surface area (Å²) in [5.74, 6) is -1.66. The number of carboxylic acid groups (broad SMARTS) is 1. The summed E-state index contributed by atoms with van der Waals surface area (Å²) in [4.78, 5) is 41.8. The number of H-pyrrole nitrogens is 1. The molecule has 174 valence electrons. The highest BCUT2D eigenvalue weighted by atomic mass is 16.4. The van der Waals surface area contributed by atoms with Gasteiger partial charge in [0, 0.05) is 36.1 Å². The number of nitrogens with zero attached hydrogens (tertiary/aromatic N) is 1. The van der Waals surface area contributed by atoms with Gasteiger partial charge in [-0.3, -0.25) is 9.59 Å². The monoisotopic (exact) mass is 443 g/mol. The molecule has 3 atom stereocenters. The lowest BCUT2D eigenvalue weighted by atomic mass is 10.0. The number of likely N-dealkylation sites (tertiary alicyclic amines) is 1. The number of nitrogens with two attached hydrogens (primary N) is 2. The van der Waals surface area contributed by atoms with Crippen LogP contribution >= 0.6 is 0 Å². The molecule has 0 spiro atoms. The van der Waals surface area contributed by atoms with Gasteiger partial charge in [0.05, 0.1) is 0 Å². The fraction of sp³-hybridized carbons (Fsp3) is 0.522. The van der Waals surface area contributed by atoms with Crippen LogP contribution in [-0.4, -0.2) is 64.0 Å². The van der Waals surface area contributed by atoms with Crippen LogP contribution in [0.4, 0.5) is 0 Å². The van der Waals surface area contributed by atoms with Gasteiger partial charge in [-0.15, -0.1) is 0 Å². The molecule has 9 nitrogen and oxygen atoms in total. The molecular weight excluding hydrogens is 410 g/mol. The van der Waals surface area contributed by atoms with Gasteiger partial charge in [-0.1, -0.05) is 18.2 Å². The number of carbonyl (C=O) groups is 3. The topological polar surface area (TPSA) is 155 Å². The molecule has 1 aliphatic rings. The standard InChI is InChI=1S/C23H33N5O4/c24-10-4-3-8-19(22(30)28-11-5-9-20(28)23(31)32)27-21(29)13-16(25)12-15-14-26-18-7-2-1-6-17(15)18/h1-2,6-7,14,16,19-20,26H,3-5,8-13,24-25H2,(H,27,29)(H,31,32)/t16-,19-,20-/m0/s1. The number of fused-ring (bicyclic) bond motifs is 1. The Hall–Kier alpha value is -2.91. The number of nitrogens with one attached hydrogen (secondary N) is 2. The van der Waals surface area contributed by atoms with E-state index in [1.54, 1.807) is 0 Å². The van der Waals surface area contributed by atoms with Crippen molar-refractivity contribution >= 4 is 28.7 Å². The Morgan fingerprint density at radius 1 is 1.25 bits per heavy atom. The second-order valence-corrected chi connectivity index (χ2v) is 8.46. The van der Waals surface area contributed by atoms with E-state index in [1.165, 1.54) is 4.90 Å². The van der Waals surface area contributed by atoms with Gasteiger partial charge in [0.1, 0.15) is 12.1 Å². The van der Waals surface area contributed by atoms with Gasteiger partial charge >= 0.3 is 5.97 Å². The van der Waals surface area contributed by atoms with Crippen LogP contribution in [0.1, 0.15) is 44.1 Å². The summed E-state index contributed by atoms with van der Waals surface area (Å²) in [6.45, 7) is 0.880. The van der Waals surface area contributed by atoms with E-state index in [0.717, 1.165) is 22.9 Å². The zero-order valence-corrected chi connectivity index (χ0v) is 18.3. The largest absolute Gasteiger partial charge is 0.480 e. The van der Waals surface area contributed by atoms with Gasteiger partial charge in [-0.2, -0.15) is 0 Å². The number of para-hydroxylation sites is 1. The molecule has 2 aromatic rings. The number of benzene rings is 1. The highest BCUT2D eigenvalue weighted by molar-refractivity contribution is 5.91. The van der Waals surface area contributed by atoms with Crippen molar-refractivity contribution in [3.63, 3.8) is 0 Å². The number of rotatable bonds is 11. The fourth-order valence-electron chi connectivity index (χ4n) is 4.38. The molecule has 9 heteroatoms. The Morgan fingerprint density at radius 3 is 2.78 bits per heavy atom. The van der Waals surface area contributed by atoms with Crippen molar-refractivity contribution in [3.05, 3.63) is 36.0 Å². The smallest absolute Gasteiger partial charge is 0.326 e. The van der Waals surface area contributed by atoms with E-state index in [9.17, 15) is 19.5 Å². The summed E-state index contributed by atoms with van der Waals surface area (Å²) in [5, 5.41) is 13.3. The van der Waals surface area contributed by atoms with E-state index in [4.69, 9.17) is 11.5 Å². The second-order valence-electron chi connectivity index (χ2n) is 8.46. The van der Waals surface area contributed by atoms with Crippen molar-refractivity contribution in [2.45, 2.75) is 63.1 Å². The summed E-state index contributed by atoms with van der Waals surface area (Å²) in [5.41, 5.74) is 13.9. The molecule has 0 radical (unpaired) electrons. The summed E-state index contributed by atoms with van der Waals surface area (Å²) in [6, 6.07) is 5.89. The molecule has 1 fully saturated rings. The summed E-state index contributed by atoms with van der Waals surface area (Å²) < 4.78 is 0. The number of hydrogen-bond acceptors (Lipinski definition) is 5. The highest BCUT2D eigenvalue weighted by Crippen LogP contribution is 2.21. The SMILES string of the molecule is NCCCC[C@H](NC(=O)C[C@@H](N)Cc1c[nH]c2ccccc12)C(=O)N1CCC[C@H]1C(=O)O. The first-order valence-electron chi connectivity index (χ1n) is 11.2. The molecule has 32 heavy (non-hydrogen) atoms. The molecule has 1 aliphatic heterocycles. The number of aromatic amines is 1. The molecule has 0 unspecified atom stereocenters. The van der Waals surface area contributed by atoms with E-state index in [1.807, 2.05) is 30.5 Å². The molecule has 2 heterocycles. The van der Waals surface area contributed by atoms with Crippen molar-refractivity contribution in [3.8, 4) is 0 Å². The Balaban J connectivity index is 1.61. The Morgan fingerprint density at radius 2 is 2.03 bits per heavy atom. The summed E-state index contributed by atoms with van der Waals surface area (Å²) in [7, 11) is 0. The van der Waals surface area contributed by atoms with Crippen molar-refractivity contribution in [2.24, 2.45) is 11.5 Å². The maximum Gasteiger partial charge on any atom is 0.326 e. The lowest BCUT2D eigenvalue weighted by molar-refractivity contribution is -0.149. The Bertz CT molecular complexity index is 943. The zero-order valence-electron chi connectivity index (χ0n) is 18.3. The van der Waals surface area contributed by atoms with Crippen LogP contribution in [0.2, 0.25) is 0 Å². The molecule has 3 rings (SSSR count). The molecule has 0 aliphatic carbocycles. The predicted octanol–water partition coefficient (Wildman–Crippen LogP) is 1.12. The average Bonchev–Trinajstić information content (AvgIpc) is 3.40. The van der Waals surface area contributed by atoms with Crippen LogP contribution in [0, 0.1) is 0 Å². The number of aromatic nitrogens is 1. The number of unbranched alkanes of at least 4 members (excludes halogenated alkanes) is 1. The Labute approximate surface area is 187 Å². The van der Waals surface area contributed by atoms with Crippen molar-refractivity contribution in [1.29, 1.82) is 0 Å². The van der Waals surface area contributed by atoms with E-state index in [0.29, 0.717) is 45.2 Å². The number of hydrogen-bond donors (Lipinski definition) is 5. The number of carboxylic acids is 1. The van der Waals surface area contributed by atoms with Gasteiger partial charge < -0.3 is 31.8 Å². The van der Waals surface area contributed by atoms with E-state index in [-0.39, 0.29) is 18.2 Å². The molecule has 1 aromatic carbocycles. The maximum atomic E-state index is 13.1. The molecule has 0 bridgehead atoms. The third kappa shape index (κ3) is 5.86. The Kier molecular flexibility index (Phi) is 8.24. The fourth-order valence-corrected chi connectivity index (χ4v) is 4.38. The lowest BCUT2D eigenvalue weighted by Crippen LogP contribution is -2.52. The normalized spacial score (nSPS) is 17.9. The van der Waals surface area contributed by atoms with Crippen LogP contribution in [0.5, 0.6) is 0 Å². The molecule has 0 saturated carbocycles. The zero-order chi connectivity index (χ0) is 23.1. The summed E-state index contributed by atoms with van der Waals surface area (Å²) >= 11 is 0. The minimum Gasteiger partial charge on any atom is -0.480 e. The maximum absolute atomic E-state index is 13.1. The average molecular weight is 444 g/mol. The van der Waals surface area contributed by atoms with Gasteiger partial charge in [-0.05, 0) is 56.7 Å². The van der Waals surface area contributed by atoms with Crippen molar-refractivity contribution in [1.82, 2.24) is 15.2 Å². The molecule has 7 N–H and O–H groups in total. The third-order valence-electron chi connectivity index (χ3n) is 6.01. The van der Waals surface area contributed by atoms with E-state index < -0.39 is 24.1 Å². The highest BCUT2D eigenvalue weighted by Gasteiger charge is 2.37. The van der Waals surface area contributed by atoms with Crippen molar-refractivity contribution < 1.29 is 19.5 Å².